The Morgan fingerprint density at radius 2 is 2.25 bits per heavy atom. The van der Waals surface area contributed by atoms with Crippen LogP contribution in [0.5, 0.6) is 0 Å². The first-order valence-corrected chi connectivity index (χ1v) is 10.5. The van der Waals surface area contributed by atoms with Crippen molar-refractivity contribution in [2.75, 3.05) is 23.3 Å². The van der Waals surface area contributed by atoms with Gasteiger partial charge in [0.25, 0.3) is 0 Å². The molecule has 1 aliphatic rings. The maximum atomic E-state index is 13.2. The number of rotatable bonds is 4. The van der Waals surface area contributed by atoms with Crippen LogP contribution in [-0.4, -0.2) is 29.0 Å². The topological polar surface area (TPSA) is 58.1 Å². The van der Waals surface area contributed by atoms with E-state index in [0.29, 0.717) is 12.2 Å². The summed E-state index contributed by atoms with van der Waals surface area (Å²) in [5.74, 6) is 0.160. The number of halogens is 2. The van der Waals surface area contributed by atoms with Gasteiger partial charge in [0.1, 0.15) is 22.8 Å². The van der Waals surface area contributed by atoms with Crippen molar-refractivity contribution in [3.8, 4) is 0 Å². The molecule has 0 spiro atoms. The summed E-state index contributed by atoms with van der Waals surface area (Å²) in [5, 5.41) is 4.08. The predicted octanol–water partition coefficient (Wildman–Crippen LogP) is 4.90. The molecule has 1 amide bonds. The molecule has 2 aromatic heterocycles. The Labute approximate surface area is 171 Å². The van der Waals surface area contributed by atoms with E-state index in [0.717, 1.165) is 41.8 Å². The monoisotopic (exact) mass is 418 g/mol. The normalized spacial score (nSPS) is 17.1. The van der Waals surface area contributed by atoms with Crippen molar-refractivity contribution in [3.05, 3.63) is 46.3 Å². The molecule has 28 heavy (non-hydrogen) atoms. The quantitative estimate of drug-likeness (QED) is 0.654. The molecule has 8 heteroatoms. The number of nitrogens with one attached hydrogen (secondary N) is 1. The fourth-order valence-electron chi connectivity index (χ4n) is 3.53. The van der Waals surface area contributed by atoms with Crippen LogP contribution < -0.4 is 10.2 Å². The minimum absolute atomic E-state index is 0.108. The molecule has 1 saturated heterocycles. The van der Waals surface area contributed by atoms with E-state index in [1.807, 2.05) is 0 Å². The number of carbonyl (C=O) groups is 1. The summed E-state index contributed by atoms with van der Waals surface area (Å²) in [4.78, 5) is 26.1. The zero-order chi connectivity index (χ0) is 19.7. The summed E-state index contributed by atoms with van der Waals surface area (Å²) in [6, 6.07) is 6.12. The lowest BCUT2D eigenvalue weighted by Crippen LogP contribution is -2.41. The Bertz CT molecular complexity index is 1020. The second kappa shape index (κ2) is 8.01. The van der Waals surface area contributed by atoms with Crippen LogP contribution in [0.15, 0.2) is 30.6 Å². The Kier molecular flexibility index (Phi) is 5.46. The number of aryl methyl sites for hydroxylation is 1. The molecule has 0 radical (unpaired) electrons. The molecule has 1 atom stereocenters. The number of anilines is 2. The molecular formula is C20H20ClFN4OS. The van der Waals surface area contributed by atoms with Gasteiger partial charge in [0.15, 0.2) is 0 Å². The second-order valence-electron chi connectivity index (χ2n) is 6.88. The first-order valence-electron chi connectivity index (χ1n) is 9.29. The van der Waals surface area contributed by atoms with Crippen LogP contribution in [0, 0.1) is 11.7 Å². The first kappa shape index (κ1) is 19.1. The number of aromatic nitrogens is 2. The van der Waals surface area contributed by atoms with E-state index in [-0.39, 0.29) is 16.8 Å². The van der Waals surface area contributed by atoms with E-state index >= 15 is 0 Å². The van der Waals surface area contributed by atoms with Gasteiger partial charge in [-0.3, -0.25) is 4.79 Å². The van der Waals surface area contributed by atoms with Gasteiger partial charge >= 0.3 is 0 Å². The van der Waals surface area contributed by atoms with Crippen molar-refractivity contribution in [2.24, 2.45) is 5.92 Å². The lowest BCUT2D eigenvalue weighted by Gasteiger charge is -2.33. The molecular weight excluding hydrogens is 399 g/mol. The van der Waals surface area contributed by atoms with Crippen molar-refractivity contribution < 1.29 is 9.18 Å². The third-order valence-electron chi connectivity index (χ3n) is 4.99. The highest BCUT2D eigenvalue weighted by Crippen LogP contribution is 2.33. The molecule has 3 heterocycles. The van der Waals surface area contributed by atoms with Gasteiger partial charge in [-0.2, -0.15) is 0 Å². The Hall–Kier alpha value is -2.25. The lowest BCUT2D eigenvalue weighted by atomic mass is 9.96. The number of nitrogens with zero attached hydrogens (tertiary/aromatic N) is 3. The molecule has 3 aromatic rings. The van der Waals surface area contributed by atoms with Crippen molar-refractivity contribution in [1.82, 2.24) is 9.97 Å². The van der Waals surface area contributed by atoms with E-state index < -0.39 is 5.82 Å². The third kappa shape index (κ3) is 3.82. The molecule has 4 rings (SSSR count). The van der Waals surface area contributed by atoms with Crippen LogP contribution in [0.1, 0.15) is 24.6 Å². The fourth-order valence-corrected chi connectivity index (χ4v) is 4.67. The average molecular weight is 419 g/mol. The van der Waals surface area contributed by atoms with E-state index in [1.54, 1.807) is 17.7 Å². The van der Waals surface area contributed by atoms with Gasteiger partial charge in [-0.15, -0.1) is 11.3 Å². The van der Waals surface area contributed by atoms with E-state index in [4.69, 9.17) is 11.6 Å². The van der Waals surface area contributed by atoms with Gasteiger partial charge in [-0.1, -0.05) is 18.5 Å². The highest BCUT2D eigenvalue weighted by atomic mass is 35.5. The summed E-state index contributed by atoms with van der Waals surface area (Å²) >= 11 is 7.72. The highest BCUT2D eigenvalue weighted by molar-refractivity contribution is 7.18. The van der Waals surface area contributed by atoms with Crippen molar-refractivity contribution >= 4 is 50.6 Å². The van der Waals surface area contributed by atoms with E-state index in [1.165, 1.54) is 23.1 Å². The summed E-state index contributed by atoms with van der Waals surface area (Å²) in [7, 11) is 0. The van der Waals surface area contributed by atoms with Gasteiger partial charge in [0.2, 0.25) is 5.91 Å². The summed E-state index contributed by atoms with van der Waals surface area (Å²) in [6.45, 7) is 3.55. The van der Waals surface area contributed by atoms with Crippen molar-refractivity contribution in [3.63, 3.8) is 0 Å². The van der Waals surface area contributed by atoms with Crippen LogP contribution in [0.2, 0.25) is 5.02 Å². The Morgan fingerprint density at radius 1 is 1.39 bits per heavy atom. The molecule has 1 aliphatic heterocycles. The van der Waals surface area contributed by atoms with Crippen LogP contribution in [-0.2, 0) is 11.2 Å². The largest absolute Gasteiger partial charge is 0.355 e. The SMILES string of the molecule is CCc1cc2c(N3CCC[C@H](C(=O)Nc4ccc(F)cc4Cl)C3)ncnc2s1. The number of benzene rings is 1. The second-order valence-corrected chi connectivity index (χ2v) is 8.40. The Balaban J connectivity index is 1.53. The summed E-state index contributed by atoms with van der Waals surface area (Å²) in [6.07, 6.45) is 4.24. The average Bonchev–Trinajstić information content (AvgIpc) is 3.13. The van der Waals surface area contributed by atoms with Gasteiger partial charge in [-0.05, 0) is 43.5 Å². The molecule has 5 nitrogen and oxygen atoms in total. The van der Waals surface area contributed by atoms with Gasteiger partial charge in [0.05, 0.1) is 22.0 Å². The van der Waals surface area contributed by atoms with Gasteiger partial charge in [0, 0.05) is 18.0 Å². The molecule has 1 fully saturated rings. The molecule has 1 aromatic carbocycles. The minimum Gasteiger partial charge on any atom is -0.355 e. The van der Waals surface area contributed by atoms with Gasteiger partial charge in [-0.25, -0.2) is 14.4 Å². The number of hydrogen-bond donors (Lipinski definition) is 1. The fraction of sp³-hybridized carbons (Fsp3) is 0.350. The predicted molar refractivity (Wildman–Crippen MR) is 112 cm³/mol. The van der Waals surface area contributed by atoms with Crippen LogP contribution in [0.25, 0.3) is 10.2 Å². The maximum absolute atomic E-state index is 13.2. The molecule has 0 unspecified atom stereocenters. The number of hydrogen-bond acceptors (Lipinski definition) is 5. The van der Waals surface area contributed by atoms with Gasteiger partial charge < -0.3 is 10.2 Å². The summed E-state index contributed by atoms with van der Waals surface area (Å²) < 4.78 is 13.2. The maximum Gasteiger partial charge on any atom is 0.229 e. The molecule has 0 saturated carbocycles. The number of thiophene rings is 1. The van der Waals surface area contributed by atoms with Crippen LogP contribution in [0.4, 0.5) is 15.9 Å². The number of piperidine rings is 1. The Morgan fingerprint density at radius 3 is 3.04 bits per heavy atom. The lowest BCUT2D eigenvalue weighted by molar-refractivity contribution is -0.120. The van der Waals surface area contributed by atoms with Crippen LogP contribution in [0.3, 0.4) is 0 Å². The highest BCUT2D eigenvalue weighted by Gasteiger charge is 2.28. The summed E-state index contributed by atoms with van der Waals surface area (Å²) in [5.41, 5.74) is 0.431. The molecule has 146 valence electrons. The first-order chi connectivity index (χ1) is 13.5. The zero-order valence-corrected chi connectivity index (χ0v) is 17.0. The standard InChI is InChI=1S/C20H20ClFN4OS/c1-2-14-9-15-18(23-11-24-20(15)28-14)26-7-3-4-12(10-26)19(27)25-17-6-5-13(22)8-16(17)21/h5-6,8-9,11-12H,2-4,7,10H2,1H3,(H,25,27)/t12-/m0/s1. The van der Waals surface area contributed by atoms with Crippen LogP contribution >= 0.6 is 22.9 Å². The molecule has 0 bridgehead atoms. The molecule has 1 N–H and O–H groups in total. The van der Waals surface area contributed by atoms with E-state index in [9.17, 15) is 9.18 Å². The molecule has 0 aliphatic carbocycles. The van der Waals surface area contributed by atoms with E-state index in [2.05, 4.69) is 33.2 Å². The number of fused-ring (bicyclic) bond motifs is 1. The van der Waals surface area contributed by atoms with Crippen molar-refractivity contribution in [1.29, 1.82) is 0 Å². The third-order valence-corrected chi connectivity index (χ3v) is 6.49. The number of carbonyl (C=O) groups excluding carboxylic acids is 1. The minimum atomic E-state index is -0.429. The van der Waals surface area contributed by atoms with Crippen molar-refractivity contribution in [2.45, 2.75) is 26.2 Å². The number of amides is 1. The zero-order valence-electron chi connectivity index (χ0n) is 15.4. The smallest absolute Gasteiger partial charge is 0.229 e.